The van der Waals surface area contributed by atoms with Crippen LogP contribution in [0.15, 0.2) is 48.0 Å². The molecule has 3 heterocycles. The van der Waals surface area contributed by atoms with Crippen molar-refractivity contribution in [3.63, 3.8) is 0 Å². The van der Waals surface area contributed by atoms with Crippen molar-refractivity contribution in [2.45, 2.75) is 32.6 Å². The van der Waals surface area contributed by atoms with Crippen LogP contribution in [0, 0.1) is 0 Å². The number of rotatable bonds is 7. The van der Waals surface area contributed by atoms with E-state index in [9.17, 15) is 4.79 Å². The van der Waals surface area contributed by atoms with Crippen molar-refractivity contribution >= 4 is 39.4 Å². The number of benzene rings is 1. The Morgan fingerprint density at radius 2 is 2.21 bits per heavy atom. The third-order valence-electron chi connectivity index (χ3n) is 5.40. The van der Waals surface area contributed by atoms with Crippen molar-refractivity contribution in [2.24, 2.45) is 0 Å². The molecule has 0 atom stereocenters. The van der Waals surface area contributed by atoms with Gasteiger partial charge in [0.1, 0.15) is 0 Å². The van der Waals surface area contributed by atoms with Gasteiger partial charge < -0.3 is 10.3 Å². The van der Waals surface area contributed by atoms with Gasteiger partial charge in [-0.3, -0.25) is 9.69 Å². The number of carbonyl (C=O) groups excluding carboxylic acids is 1. The number of hydrogen-bond acceptors (Lipinski definition) is 3. The van der Waals surface area contributed by atoms with E-state index in [1.165, 1.54) is 53.7 Å². The molecule has 0 bridgehead atoms. The zero-order chi connectivity index (χ0) is 19.3. The number of nitrogens with one attached hydrogen (secondary N) is 2. The lowest BCUT2D eigenvalue weighted by molar-refractivity contribution is 0.103. The van der Waals surface area contributed by atoms with Crippen molar-refractivity contribution in [3.8, 4) is 0 Å². The number of H-pyrrole nitrogens is 1. The maximum atomic E-state index is 12.4. The standard InChI is InChI=1S/C23H27N3OS/c1-2-3-4-11-26-12-9-17(10-13-26)20-16-24-21-8-7-18(15-19(20)21)25-23(27)22-6-5-14-28-22/h5-9,14-16,24H,2-4,10-13H2,1H3,(H,25,27). The van der Waals surface area contributed by atoms with Crippen molar-refractivity contribution in [3.05, 3.63) is 58.4 Å². The summed E-state index contributed by atoms with van der Waals surface area (Å²) in [6.07, 6.45) is 9.43. The Labute approximate surface area is 170 Å². The molecule has 2 N–H and O–H groups in total. The number of aromatic amines is 1. The van der Waals surface area contributed by atoms with Crippen molar-refractivity contribution in [2.75, 3.05) is 25.0 Å². The molecule has 1 amide bonds. The third-order valence-corrected chi connectivity index (χ3v) is 6.27. The van der Waals surface area contributed by atoms with E-state index in [-0.39, 0.29) is 5.91 Å². The number of anilines is 1. The lowest BCUT2D eigenvalue weighted by Crippen LogP contribution is -2.29. The highest BCUT2D eigenvalue weighted by atomic mass is 32.1. The van der Waals surface area contributed by atoms with E-state index in [1.54, 1.807) is 0 Å². The fraction of sp³-hybridized carbons (Fsp3) is 0.348. The highest BCUT2D eigenvalue weighted by Crippen LogP contribution is 2.31. The van der Waals surface area contributed by atoms with Crippen LogP contribution in [0.25, 0.3) is 16.5 Å². The third kappa shape index (κ3) is 4.21. The number of fused-ring (bicyclic) bond motifs is 1. The molecule has 0 saturated carbocycles. The summed E-state index contributed by atoms with van der Waals surface area (Å²) < 4.78 is 0. The molecule has 0 fully saturated rings. The molecule has 0 aliphatic carbocycles. The van der Waals surface area contributed by atoms with Gasteiger partial charge in [-0.1, -0.05) is 31.9 Å². The van der Waals surface area contributed by atoms with E-state index in [4.69, 9.17) is 0 Å². The molecule has 1 aliphatic rings. The summed E-state index contributed by atoms with van der Waals surface area (Å²) in [6.45, 7) is 5.60. The highest BCUT2D eigenvalue weighted by Gasteiger charge is 2.16. The topological polar surface area (TPSA) is 48.1 Å². The second kappa shape index (κ2) is 8.76. The summed E-state index contributed by atoms with van der Waals surface area (Å²) in [5, 5.41) is 6.12. The maximum Gasteiger partial charge on any atom is 0.265 e. The Hall–Kier alpha value is -2.37. The van der Waals surface area contributed by atoms with Gasteiger partial charge in [0.2, 0.25) is 0 Å². The Morgan fingerprint density at radius 3 is 2.96 bits per heavy atom. The summed E-state index contributed by atoms with van der Waals surface area (Å²) in [4.78, 5) is 19.0. The molecule has 2 aromatic heterocycles. The van der Waals surface area contributed by atoms with Crippen LogP contribution >= 0.6 is 11.3 Å². The van der Waals surface area contributed by atoms with Crippen LogP contribution in [0.2, 0.25) is 0 Å². The molecule has 1 aliphatic heterocycles. The van der Waals surface area contributed by atoms with Gasteiger partial charge in [-0.25, -0.2) is 0 Å². The fourth-order valence-electron chi connectivity index (χ4n) is 3.81. The number of carbonyl (C=O) groups is 1. The maximum absolute atomic E-state index is 12.4. The Balaban J connectivity index is 1.50. The Kier molecular flexibility index (Phi) is 5.93. The number of hydrogen-bond donors (Lipinski definition) is 2. The van der Waals surface area contributed by atoms with Gasteiger partial charge >= 0.3 is 0 Å². The smallest absolute Gasteiger partial charge is 0.265 e. The van der Waals surface area contributed by atoms with Gasteiger partial charge in [-0.05, 0) is 54.6 Å². The number of unbranched alkanes of at least 4 members (excludes halogenated alkanes) is 2. The zero-order valence-corrected chi connectivity index (χ0v) is 17.1. The van der Waals surface area contributed by atoms with Gasteiger partial charge in [-0.15, -0.1) is 11.3 Å². The second-order valence-corrected chi connectivity index (χ2v) is 8.33. The minimum absolute atomic E-state index is 0.0500. The first-order valence-corrected chi connectivity index (χ1v) is 11.0. The molecule has 0 spiro atoms. The SMILES string of the molecule is CCCCCN1CC=C(c2c[nH]c3ccc(NC(=O)c4cccs4)cc23)CC1. The summed E-state index contributed by atoms with van der Waals surface area (Å²) in [5.41, 5.74) is 4.61. The largest absolute Gasteiger partial charge is 0.361 e. The molecule has 0 radical (unpaired) electrons. The molecular formula is C23H27N3OS. The first-order chi connectivity index (χ1) is 13.7. The van der Waals surface area contributed by atoms with E-state index in [1.807, 2.05) is 29.6 Å². The molecule has 146 valence electrons. The molecule has 28 heavy (non-hydrogen) atoms. The molecule has 3 aromatic rings. The molecule has 0 saturated heterocycles. The van der Waals surface area contributed by atoms with E-state index >= 15 is 0 Å². The molecule has 4 nitrogen and oxygen atoms in total. The van der Waals surface area contributed by atoms with Crippen LogP contribution < -0.4 is 5.32 Å². The first kappa shape index (κ1) is 19.0. The van der Waals surface area contributed by atoms with Crippen LogP contribution in [-0.2, 0) is 0 Å². The minimum atomic E-state index is -0.0500. The van der Waals surface area contributed by atoms with Crippen LogP contribution in [0.1, 0.15) is 47.8 Å². The average Bonchev–Trinajstić information content (AvgIpc) is 3.39. The Bertz CT molecular complexity index is 971. The van der Waals surface area contributed by atoms with Gasteiger partial charge in [0, 0.05) is 41.4 Å². The zero-order valence-electron chi connectivity index (χ0n) is 16.3. The van der Waals surface area contributed by atoms with Gasteiger partial charge in [0.15, 0.2) is 0 Å². The fourth-order valence-corrected chi connectivity index (χ4v) is 4.43. The second-order valence-electron chi connectivity index (χ2n) is 7.38. The highest BCUT2D eigenvalue weighted by molar-refractivity contribution is 7.12. The summed E-state index contributed by atoms with van der Waals surface area (Å²) in [5.74, 6) is -0.0500. The quantitative estimate of drug-likeness (QED) is 0.501. The molecule has 4 rings (SSSR count). The van der Waals surface area contributed by atoms with Crippen LogP contribution in [-0.4, -0.2) is 35.4 Å². The summed E-state index contributed by atoms with van der Waals surface area (Å²) >= 11 is 1.46. The van der Waals surface area contributed by atoms with Crippen LogP contribution in [0.3, 0.4) is 0 Å². The number of aromatic nitrogens is 1. The molecule has 5 heteroatoms. The van der Waals surface area contributed by atoms with E-state index < -0.39 is 0 Å². The summed E-state index contributed by atoms with van der Waals surface area (Å²) in [7, 11) is 0. The monoisotopic (exact) mass is 393 g/mol. The van der Waals surface area contributed by atoms with Crippen molar-refractivity contribution in [1.29, 1.82) is 0 Å². The van der Waals surface area contributed by atoms with E-state index in [2.05, 4.69) is 40.5 Å². The van der Waals surface area contributed by atoms with Crippen LogP contribution in [0.5, 0.6) is 0 Å². The normalized spacial score (nSPS) is 15.0. The average molecular weight is 394 g/mol. The number of thiophene rings is 1. The predicted molar refractivity (Wildman–Crippen MR) is 119 cm³/mol. The first-order valence-electron chi connectivity index (χ1n) is 10.1. The Morgan fingerprint density at radius 1 is 1.29 bits per heavy atom. The summed E-state index contributed by atoms with van der Waals surface area (Å²) in [6, 6.07) is 9.83. The van der Waals surface area contributed by atoms with Gasteiger partial charge in [0.25, 0.3) is 5.91 Å². The molecule has 1 aromatic carbocycles. The predicted octanol–water partition coefficient (Wildman–Crippen LogP) is 5.76. The molecule has 0 unspecified atom stereocenters. The lowest BCUT2D eigenvalue weighted by Gasteiger charge is -2.26. The van der Waals surface area contributed by atoms with Crippen molar-refractivity contribution < 1.29 is 4.79 Å². The number of amides is 1. The molecular weight excluding hydrogens is 366 g/mol. The van der Waals surface area contributed by atoms with Crippen molar-refractivity contribution in [1.82, 2.24) is 9.88 Å². The minimum Gasteiger partial charge on any atom is -0.361 e. The number of nitrogens with zero attached hydrogens (tertiary/aromatic N) is 1. The van der Waals surface area contributed by atoms with Gasteiger partial charge in [-0.2, -0.15) is 0 Å². The lowest BCUT2D eigenvalue weighted by atomic mass is 9.98. The van der Waals surface area contributed by atoms with Crippen LogP contribution in [0.4, 0.5) is 5.69 Å². The van der Waals surface area contributed by atoms with E-state index in [0.717, 1.165) is 35.6 Å². The van der Waals surface area contributed by atoms with Gasteiger partial charge in [0.05, 0.1) is 4.88 Å². The van der Waals surface area contributed by atoms with E-state index in [0.29, 0.717) is 0 Å².